The number of hydrogen-bond donors (Lipinski definition) is 0. The van der Waals surface area contributed by atoms with Crippen LogP contribution < -0.4 is 4.90 Å². The van der Waals surface area contributed by atoms with Gasteiger partial charge in [0.1, 0.15) is 9.84 Å². The fourth-order valence-corrected chi connectivity index (χ4v) is 2.67. The number of para-hydroxylation sites is 1. The minimum absolute atomic E-state index is 0.191. The van der Waals surface area contributed by atoms with Crippen molar-refractivity contribution >= 4 is 15.5 Å². The molecule has 0 atom stereocenters. The third-order valence-electron chi connectivity index (χ3n) is 2.94. The molecule has 1 rings (SSSR count). The van der Waals surface area contributed by atoms with Gasteiger partial charge in [-0.15, -0.1) is 0 Å². The number of sulfone groups is 1. The van der Waals surface area contributed by atoms with Crippen LogP contribution in [0.3, 0.4) is 0 Å². The van der Waals surface area contributed by atoms with Crippen LogP contribution in [0.2, 0.25) is 0 Å². The first kappa shape index (κ1) is 15.5. The highest BCUT2D eigenvalue weighted by molar-refractivity contribution is 7.91. The van der Waals surface area contributed by atoms with Gasteiger partial charge in [0.05, 0.1) is 18.2 Å². The number of hydrogen-bond acceptors (Lipinski definition) is 4. The Morgan fingerprint density at radius 2 is 1.89 bits per heavy atom. The van der Waals surface area contributed by atoms with Gasteiger partial charge in [-0.2, -0.15) is 5.26 Å². The number of nitriles is 1. The Morgan fingerprint density at radius 1 is 1.21 bits per heavy atom. The Kier molecular flexibility index (Phi) is 6.37. The largest absolute Gasteiger partial charge is 0.370 e. The molecule has 0 saturated carbocycles. The molecule has 0 fully saturated rings. The van der Waals surface area contributed by atoms with E-state index in [1.807, 2.05) is 30.3 Å². The minimum atomic E-state index is -2.91. The lowest BCUT2D eigenvalue weighted by Gasteiger charge is -2.23. The predicted octanol–water partition coefficient (Wildman–Crippen LogP) is 2.23. The van der Waals surface area contributed by atoms with Gasteiger partial charge in [0.25, 0.3) is 0 Å². The highest BCUT2D eigenvalue weighted by atomic mass is 32.2. The summed E-state index contributed by atoms with van der Waals surface area (Å²) in [5.74, 6) is 0.399. The standard InChI is InChI=1S/C14H20N2O2S/c1-2-19(17,18)13-7-12-16(11-6-10-15)14-8-4-3-5-9-14/h3-5,8-9H,2,6-7,11-13H2,1H3. The molecular formula is C14H20N2O2S. The Balaban J connectivity index is 2.59. The summed E-state index contributed by atoms with van der Waals surface area (Å²) in [4.78, 5) is 2.06. The van der Waals surface area contributed by atoms with E-state index in [-0.39, 0.29) is 11.5 Å². The zero-order valence-corrected chi connectivity index (χ0v) is 12.1. The summed E-state index contributed by atoms with van der Waals surface area (Å²) in [5, 5.41) is 8.68. The minimum Gasteiger partial charge on any atom is -0.370 e. The van der Waals surface area contributed by atoms with Crippen LogP contribution in [0.1, 0.15) is 19.8 Å². The number of benzene rings is 1. The molecule has 1 aromatic carbocycles. The van der Waals surface area contributed by atoms with Crippen LogP contribution in [0.5, 0.6) is 0 Å². The summed E-state index contributed by atoms with van der Waals surface area (Å²) in [7, 11) is -2.91. The fourth-order valence-electron chi connectivity index (χ4n) is 1.81. The van der Waals surface area contributed by atoms with E-state index in [4.69, 9.17) is 5.26 Å². The van der Waals surface area contributed by atoms with Crippen molar-refractivity contribution in [3.8, 4) is 6.07 Å². The molecule has 0 N–H and O–H groups in total. The smallest absolute Gasteiger partial charge is 0.150 e. The summed E-state index contributed by atoms with van der Waals surface area (Å²) < 4.78 is 22.9. The number of rotatable bonds is 8. The second-order valence-corrected chi connectivity index (χ2v) is 6.79. The van der Waals surface area contributed by atoms with Crippen LogP contribution in [0.4, 0.5) is 5.69 Å². The first-order valence-electron chi connectivity index (χ1n) is 6.46. The third kappa shape index (κ3) is 5.75. The molecule has 0 aromatic heterocycles. The van der Waals surface area contributed by atoms with Crippen LogP contribution in [-0.2, 0) is 9.84 Å². The summed E-state index contributed by atoms with van der Waals surface area (Å²) in [6.45, 7) is 2.96. The summed E-state index contributed by atoms with van der Waals surface area (Å²) >= 11 is 0. The van der Waals surface area contributed by atoms with Gasteiger partial charge in [-0.25, -0.2) is 8.42 Å². The molecule has 1 aromatic rings. The van der Waals surface area contributed by atoms with Crippen LogP contribution in [0, 0.1) is 11.3 Å². The van der Waals surface area contributed by atoms with Crippen molar-refractivity contribution in [3.63, 3.8) is 0 Å². The van der Waals surface area contributed by atoms with Crippen LogP contribution in [0.15, 0.2) is 30.3 Å². The van der Waals surface area contributed by atoms with Crippen molar-refractivity contribution in [2.45, 2.75) is 19.8 Å². The third-order valence-corrected chi connectivity index (χ3v) is 4.73. The van der Waals surface area contributed by atoms with E-state index in [0.29, 0.717) is 25.9 Å². The van der Waals surface area contributed by atoms with Gasteiger partial charge in [-0.3, -0.25) is 0 Å². The van der Waals surface area contributed by atoms with Crippen LogP contribution in [0.25, 0.3) is 0 Å². The van der Waals surface area contributed by atoms with E-state index in [9.17, 15) is 8.42 Å². The van der Waals surface area contributed by atoms with Gasteiger partial charge in [0, 0.05) is 24.5 Å². The monoisotopic (exact) mass is 280 g/mol. The Morgan fingerprint density at radius 3 is 2.47 bits per heavy atom. The van der Waals surface area contributed by atoms with Crippen LogP contribution >= 0.6 is 0 Å². The predicted molar refractivity (Wildman–Crippen MR) is 77.8 cm³/mol. The Labute approximate surface area is 115 Å². The lowest BCUT2D eigenvalue weighted by atomic mass is 10.2. The number of anilines is 1. The molecular weight excluding hydrogens is 260 g/mol. The molecule has 0 aliphatic heterocycles. The van der Waals surface area contributed by atoms with E-state index >= 15 is 0 Å². The number of nitrogens with zero attached hydrogens (tertiary/aromatic N) is 2. The molecule has 0 aliphatic carbocycles. The highest BCUT2D eigenvalue weighted by Crippen LogP contribution is 2.14. The second-order valence-electron chi connectivity index (χ2n) is 4.32. The van der Waals surface area contributed by atoms with Gasteiger partial charge in [0.2, 0.25) is 0 Å². The van der Waals surface area contributed by atoms with Gasteiger partial charge in [-0.1, -0.05) is 25.1 Å². The van der Waals surface area contributed by atoms with Crippen molar-refractivity contribution in [2.24, 2.45) is 0 Å². The quantitative estimate of drug-likeness (QED) is 0.732. The van der Waals surface area contributed by atoms with Crippen molar-refractivity contribution in [3.05, 3.63) is 30.3 Å². The maximum atomic E-state index is 11.5. The SMILES string of the molecule is CCS(=O)(=O)CCCN(CCC#N)c1ccccc1. The van der Waals surface area contributed by atoms with Gasteiger partial charge < -0.3 is 4.90 Å². The van der Waals surface area contributed by atoms with Crippen molar-refractivity contribution in [1.29, 1.82) is 5.26 Å². The topological polar surface area (TPSA) is 61.2 Å². The summed E-state index contributed by atoms with van der Waals surface area (Å²) in [6, 6.07) is 11.9. The lowest BCUT2D eigenvalue weighted by Crippen LogP contribution is -2.27. The molecule has 104 valence electrons. The normalized spacial score (nSPS) is 10.9. The highest BCUT2D eigenvalue weighted by Gasteiger charge is 2.10. The molecule has 0 saturated heterocycles. The Hall–Kier alpha value is -1.54. The average molecular weight is 280 g/mol. The molecule has 5 heteroatoms. The van der Waals surface area contributed by atoms with Crippen LogP contribution in [-0.4, -0.2) is 33.0 Å². The molecule has 0 heterocycles. The van der Waals surface area contributed by atoms with Gasteiger partial charge >= 0.3 is 0 Å². The molecule has 0 aliphatic rings. The Bertz CT molecular complexity index is 506. The van der Waals surface area contributed by atoms with E-state index in [0.717, 1.165) is 5.69 Å². The van der Waals surface area contributed by atoms with Gasteiger partial charge in [0.15, 0.2) is 0 Å². The maximum absolute atomic E-state index is 11.5. The average Bonchev–Trinajstić information content (AvgIpc) is 2.43. The molecule has 0 amide bonds. The lowest BCUT2D eigenvalue weighted by molar-refractivity contribution is 0.593. The van der Waals surface area contributed by atoms with E-state index in [2.05, 4.69) is 11.0 Å². The van der Waals surface area contributed by atoms with E-state index in [1.165, 1.54) is 0 Å². The maximum Gasteiger partial charge on any atom is 0.150 e. The zero-order valence-electron chi connectivity index (χ0n) is 11.2. The molecule has 0 radical (unpaired) electrons. The second kappa shape index (κ2) is 7.80. The molecule has 0 unspecified atom stereocenters. The molecule has 4 nitrogen and oxygen atoms in total. The summed E-state index contributed by atoms with van der Waals surface area (Å²) in [6.07, 6.45) is 1.03. The van der Waals surface area contributed by atoms with Crippen molar-refractivity contribution in [2.75, 3.05) is 29.5 Å². The first-order valence-corrected chi connectivity index (χ1v) is 8.28. The van der Waals surface area contributed by atoms with E-state index < -0.39 is 9.84 Å². The van der Waals surface area contributed by atoms with Crippen molar-refractivity contribution < 1.29 is 8.42 Å². The van der Waals surface area contributed by atoms with Crippen molar-refractivity contribution in [1.82, 2.24) is 0 Å². The fraction of sp³-hybridized carbons (Fsp3) is 0.500. The zero-order chi connectivity index (χ0) is 14.1. The van der Waals surface area contributed by atoms with Gasteiger partial charge in [-0.05, 0) is 18.6 Å². The molecule has 0 bridgehead atoms. The summed E-state index contributed by atoms with van der Waals surface area (Å²) in [5.41, 5.74) is 1.03. The van der Waals surface area contributed by atoms with E-state index in [1.54, 1.807) is 6.92 Å². The first-order chi connectivity index (χ1) is 9.09. The molecule has 19 heavy (non-hydrogen) atoms. The molecule has 0 spiro atoms.